The first-order chi connectivity index (χ1) is 5.82. The Labute approximate surface area is 102 Å². The fourth-order valence-corrected chi connectivity index (χ4v) is 3.42. The minimum absolute atomic E-state index is 0.0219. The van der Waals surface area contributed by atoms with Gasteiger partial charge >= 0.3 is 0 Å². The van der Waals surface area contributed by atoms with Crippen molar-refractivity contribution in [2.75, 3.05) is 0 Å². The second-order valence-electron chi connectivity index (χ2n) is 2.21. The molecular formula is C6H4I2O4S. The highest BCUT2D eigenvalue weighted by atomic mass is 127. The summed E-state index contributed by atoms with van der Waals surface area (Å²) in [5.41, 5.74) is 0. The molecule has 0 heterocycles. The van der Waals surface area contributed by atoms with E-state index in [1.54, 1.807) is 45.2 Å². The lowest BCUT2D eigenvalue weighted by Crippen LogP contribution is -1.99. The van der Waals surface area contributed by atoms with Crippen LogP contribution in [0.5, 0.6) is 5.75 Å². The van der Waals surface area contributed by atoms with Crippen LogP contribution in [-0.4, -0.2) is 18.1 Å². The van der Waals surface area contributed by atoms with E-state index in [-0.39, 0.29) is 10.6 Å². The molecule has 0 aliphatic heterocycles. The molecule has 0 amide bonds. The van der Waals surface area contributed by atoms with Gasteiger partial charge < -0.3 is 5.11 Å². The van der Waals surface area contributed by atoms with Gasteiger partial charge in [-0.3, -0.25) is 4.55 Å². The van der Waals surface area contributed by atoms with Crippen LogP contribution in [0.15, 0.2) is 17.0 Å². The summed E-state index contributed by atoms with van der Waals surface area (Å²) in [6.45, 7) is 0. The maximum atomic E-state index is 10.7. The minimum Gasteiger partial charge on any atom is -0.506 e. The molecule has 0 saturated carbocycles. The van der Waals surface area contributed by atoms with E-state index in [2.05, 4.69) is 0 Å². The number of phenolic OH excluding ortho intramolecular Hbond substituents is 1. The molecule has 0 atom stereocenters. The molecule has 4 nitrogen and oxygen atoms in total. The van der Waals surface area contributed by atoms with Crippen LogP contribution in [0.4, 0.5) is 0 Å². The van der Waals surface area contributed by atoms with Crippen molar-refractivity contribution in [2.45, 2.75) is 4.90 Å². The molecule has 0 radical (unpaired) electrons. The predicted octanol–water partition coefficient (Wildman–Crippen LogP) is 1.85. The van der Waals surface area contributed by atoms with Gasteiger partial charge in [-0.2, -0.15) is 8.42 Å². The van der Waals surface area contributed by atoms with E-state index < -0.39 is 10.1 Å². The Morgan fingerprint density at radius 3 is 1.85 bits per heavy atom. The summed E-state index contributed by atoms with van der Waals surface area (Å²) in [5, 5.41) is 9.31. The van der Waals surface area contributed by atoms with Gasteiger partial charge in [-0.25, -0.2) is 0 Å². The van der Waals surface area contributed by atoms with Gasteiger partial charge in [0, 0.05) is 0 Å². The van der Waals surface area contributed by atoms with E-state index in [0.29, 0.717) is 7.14 Å². The van der Waals surface area contributed by atoms with Crippen molar-refractivity contribution in [3.63, 3.8) is 0 Å². The van der Waals surface area contributed by atoms with E-state index in [0.717, 1.165) is 0 Å². The van der Waals surface area contributed by atoms with Gasteiger partial charge in [0.25, 0.3) is 10.1 Å². The first kappa shape index (κ1) is 11.5. The molecule has 1 aromatic rings. The lowest BCUT2D eigenvalue weighted by molar-refractivity contribution is 0.465. The zero-order chi connectivity index (χ0) is 10.2. The van der Waals surface area contributed by atoms with Crippen molar-refractivity contribution in [1.82, 2.24) is 0 Å². The summed E-state index contributed by atoms with van der Waals surface area (Å²) in [6.07, 6.45) is 0. The van der Waals surface area contributed by atoms with E-state index >= 15 is 0 Å². The predicted molar refractivity (Wildman–Crippen MR) is 63.4 cm³/mol. The van der Waals surface area contributed by atoms with Crippen LogP contribution in [0, 0.1) is 7.14 Å². The SMILES string of the molecule is O=S(=O)(O)c1cc(I)c(O)c(I)c1. The zero-order valence-electron chi connectivity index (χ0n) is 6.03. The van der Waals surface area contributed by atoms with Crippen LogP contribution in [0.1, 0.15) is 0 Å². The van der Waals surface area contributed by atoms with E-state index in [9.17, 15) is 13.5 Å². The first-order valence-electron chi connectivity index (χ1n) is 2.98. The topological polar surface area (TPSA) is 74.6 Å². The molecule has 13 heavy (non-hydrogen) atoms. The van der Waals surface area contributed by atoms with Gasteiger partial charge in [-0.05, 0) is 57.3 Å². The van der Waals surface area contributed by atoms with E-state index in [4.69, 9.17) is 4.55 Å². The van der Waals surface area contributed by atoms with Gasteiger partial charge in [-0.1, -0.05) is 0 Å². The third-order valence-electron chi connectivity index (χ3n) is 1.29. The first-order valence-corrected chi connectivity index (χ1v) is 6.57. The Morgan fingerprint density at radius 2 is 1.54 bits per heavy atom. The number of rotatable bonds is 1. The average molecular weight is 426 g/mol. The molecule has 0 unspecified atom stereocenters. The summed E-state index contributed by atoms with van der Waals surface area (Å²) < 4.78 is 30.9. The molecule has 0 aliphatic rings. The Bertz CT molecular complexity index is 417. The molecule has 0 bridgehead atoms. The third-order valence-corrected chi connectivity index (χ3v) is 3.76. The summed E-state index contributed by atoms with van der Waals surface area (Å²) in [4.78, 5) is -0.209. The number of halogens is 2. The third kappa shape index (κ3) is 2.67. The molecule has 0 saturated heterocycles. The number of hydrogen-bond donors (Lipinski definition) is 2. The maximum absolute atomic E-state index is 10.7. The Hall–Kier alpha value is 0.390. The number of phenols is 1. The average Bonchev–Trinajstić information content (AvgIpc) is 1.97. The second kappa shape index (κ2) is 3.87. The summed E-state index contributed by atoms with van der Waals surface area (Å²) in [5.74, 6) is 0.0219. The van der Waals surface area contributed by atoms with Crippen molar-refractivity contribution >= 4 is 55.3 Å². The summed E-state index contributed by atoms with van der Waals surface area (Å²) >= 11 is 3.57. The summed E-state index contributed by atoms with van der Waals surface area (Å²) in [7, 11) is -4.19. The smallest absolute Gasteiger partial charge is 0.294 e. The molecular weight excluding hydrogens is 422 g/mol. The monoisotopic (exact) mass is 426 g/mol. The van der Waals surface area contributed by atoms with Crippen molar-refractivity contribution < 1.29 is 18.1 Å². The fraction of sp³-hybridized carbons (Fsp3) is 0. The van der Waals surface area contributed by atoms with Gasteiger partial charge in [0.15, 0.2) is 0 Å². The molecule has 0 aromatic heterocycles. The van der Waals surface area contributed by atoms with Crippen molar-refractivity contribution in [3.8, 4) is 5.75 Å². The van der Waals surface area contributed by atoms with Crippen LogP contribution in [0.3, 0.4) is 0 Å². The normalized spacial score (nSPS) is 11.6. The highest BCUT2D eigenvalue weighted by Gasteiger charge is 2.14. The molecule has 1 aromatic carbocycles. The van der Waals surface area contributed by atoms with Gasteiger partial charge in [-0.15, -0.1) is 0 Å². The van der Waals surface area contributed by atoms with Crippen molar-refractivity contribution in [3.05, 3.63) is 19.3 Å². The molecule has 0 aliphatic carbocycles. The Balaban J connectivity index is 3.47. The maximum Gasteiger partial charge on any atom is 0.294 e. The van der Waals surface area contributed by atoms with Crippen LogP contribution in [-0.2, 0) is 10.1 Å². The number of benzene rings is 1. The van der Waals surface area contributed by atoms with Crippen LogP contribution < -0.4 is 0 Å². The standard InChI is InChI=1S/C6H4I2O4S/c7-4-1-3(13(10,11)12)2-5(8)6(4)9/h1-2,9H,(H,10,11,12). The zero-order valence-corrected chi connectivity index (χ0v) is 11.2. The van der Waals surface area contributed by atoms with Gasteiger partial charge in [0.05, 0.1) is 12.0 Å². The van der Waals surface area contributed by atoms with E-state index in [1.807, 2.05) is 0 Å². The molecule has 72 valence electrons. The van der Waals surface area contributed by atoms with Gasteiger partial charge in [0.2, 0.25) is 0 Å². The van der Waals surface area contributed by atoms with Crippen LogP contribution in [0.2, 0.25) is 0 Å². The highest BCUT2D eigenvalue weighted by Crippen LogP contribution is 2.28. The molecule has 2 N–H and O–H groups in total. The number of hydrogen-bond acceptors (Lipinski definition) is 3. The van der Waals surface area contributed by atoms with Crippen molar-refractivity contribution in [2.24, 2.45) is 0 Å². The van der Waals surface area contributed by atoms with Gasteiger partial charge in [0.1, 0.15) is 5.75 Å². The van der Waals surface area contributed by atoms with Crippen LogP contribution >= 0.6 is 45.2 Å². The highest BCUT2D eigenvalue weighted by molar-refractivity contribution is 14.1. The molecule has 0 spiro atoms. The number of aromatic hydroxyl groups is 1. The molecule has 0 fully saturated rings. The largest absolute Gasteiger partial charge is 0.506 e. The van der Waals surface area contributed by atoms with Crippen LogP contribution in [0.25, 0.3) is 0 Å². The summed E-state index contributed by atoms with van der Waals surface area (Å²) in [6, 6.07) is 2.40. The lowest BCUT2D eigenvalue weighted by atomic mass is 10.3. The molecule has 1 rings (SSSR count). The van der Waals surface area contributed by atoms with Crippen molar-refractivity contribution in [1.29, 1.82) is 0 Å². The fourth-order valence-electron chi connectivity index (χ4n) is 0.691. The Morgan fingerprint density at radius 1 is 1.15 bits per heavy atom. The second-order valence-corrected chi connectivity index (χ2v) is 5.96. The quantitative estimate of drug-likeness (QED) is 0.532. The Kier molecular flexibility index (Phi) is 3.41. The molecule has 7 heteroatoms. The lowest BCUT2D eigenvalue weighted by Gasteiger charge is -2.02. The van der Waals surface area contributed by atoms with E-state index in [1.165, 1.54) is 12.1 Å². The minimum atomic E-state index is -4.19.